The molecule has 122 valence electrons. The highest BCUT2D eigenvalue weighted by molar-refractivity contribution is 7.98. The van der Waals surface area contributed by atoms with E-state index in [1.165, 1.54) is 22.7 Å². The van der Waals surface area contributed by atoms with Gasteiger partial charge in [0.1, 0.15) is 0 Å². The summed E-state index contributed by atoms with van der Waals surface area (Å²) in [5, 5.41) is 1.88. The molecule has 2 aromatic heterocycles. The van der Waals surface area contributed by atoms with Gasteiger partial charge in [0.05, 0.1) is 16.8 Å². The molecule has 4 rings (SSSR count). The fraction of sp³-hybridized carbons (Fsp3) is 0.278. The van der Waals surface area contributed by atoms with Crippen molar-refractivity contribution in [1.29, 1.82) is 0 Å². The van der Waals surface area contributed by atoms with Gasteiger partial charge in [-0.25, -0.2) is 4.98 Å². The Hall–Kier alpha value is -2.18. The summed E-state index contributed by atoms with van der Waals surface area (Å²) in [7, 11) is 0. The number of nitrogens with one attached hydrogen (secondary N) is 1. The second-order valence-corrected chi connectivity index (χ2v) is 6.74. The Balaban J connectivity index is 1.62. The van der Waals surface area contributed by atoms with E-state index in [-0.39, 0.29) is 5.56 Å². The zero-order valence-corrected chi connectivity index (χ0v) is 14.3. The lowest BCUT2D eigenvalue weighted by atomic mass is 10.0. The number of rotatable bonds is 3. The first-order chi connectivity index (χ1) is 11.7. The van der Waals surface area contributed by atoms with Gasteiger partial charge in [0.2, 0.25) is 0 Å². The van der Waals surface area contributed by atoms with Crippen molar-refractivity contribution in [3.8, 4) is 0 Å². The number of aromatic nitrogens is 3. The number of H-pyrrole nitrogens is 1. The van der Waals surface area contributed by atoms with Crippen molar-refractivity contribution >= 4 is 22.7 Å². The molecule has 1 aliphatic rings. The highest BCUT2D eigenvalue weighted by Gasteiger charge is 2.21. The van der Waals surface area contributed by atoms with Gasteiger partial charge < -0.3 is 4.98 Å². The molecule has 0 spiro atoms. The molecule has 3 aromatic rings. The Morgan fingerprint density at radius 3 is 3.04 bits per heavy atom. The molecular weight excluding hydrogens is 320 g/mol. The van der Waals surface area contributed by atoms with Crippen LogP contribution in [-0.4, -0.2) is 32.7 Å². The summed E-state index contributed by atoms with van der Waals surface area (Å²) in [6, 6.07) is 10.2. The number of para-hydroxylation sites is 1. The van der Waals surface area contributed by atoms with Crippen LogP contribution in [0.5, 0.6) is 0 Å². The molecule has 0 saturated carbocycles. The van der Waals surface area contributed by atoms with Crippen LogP contribution in [0.4, 0.5) is 0 Å². The summed E-state index contributed by atoms with van der Waals surface area (Å²) < 4.78 is 0. The summed E-state index contributed by atoms with van der Waals surface area (Å²) in [6.45, 7) is 2.36. The van der Waals surface area contributed by atoms with Gasteiger partial charge in [-0.2, -0.15) is 0 Å². The molecule has 0 unspecified atom stereocenters. The molecule has 3 heterocycles. The van der Waals surface area contributed by atoms with E-state index in [4.69, 9.17) is 0 Å². The minimum Gasteiger partial charge on any atom is -0.301 e. The fourth-order valence-electron chi connectivity index (χ4n) is 3.22. The number of benzene rings is 1. The van der Waals surface area contributed by atoms with Crippen molar-refractivity contribution < 1.29 is 0 Å². The Morgan fingerprint density at radius 1 is 1.29 bits per heavy atom. The van der Waals surface area contributed by atoms with Gasteiger partial charge in [-0.15, -0.1) is 0 Å². The first kappa shape index (κ1) is 15.4. The first-order valence-electron chi connectivity index (χ1n) is 7.95. The third kappa shape index (κ3) is 2.83. The number of pyridine rings is 1. The third-order valence-electron chi connectivity index (χ3n) is 4.45. The van der Waals surface area contributed by atoms with E-state index < -0.39 is 0 Å². The van der Waals surface area contributed by atoms with E-state index in [2.05, 4.69) is 32.0 Å². The van der Waals surface area contributed by atoms with Crippen molar-refractivity contribution in [2.75, 3.05) is 12.8 Å². The van der Waals surface area contributed by atoms with Crippen LogP contribution in [0.1, 0.15) is 16.8 Å². The number of aromatic amines is 1. The normalized spacial score (nSPS) is 14.7. The van der Waals surface area contributed by atoms with Crippen LogP contribution in [0.2, 0.25) is 0 Å². The SMILES string of the molecule is CSc1nc2c(c(=O)[nH]1)CN(Cc1ccnc3ccccc13)CC2. The van der Waals surface area contributed by atoms with Crippen LogP contribution in [0.15, 0.2) is 46.5 Å². The lowest BCUT2D eigenvalue weighted by Crippen LogP contribution is -2.35. The van der Waals surface area contributed by atoms with E-state index in [9.17, 15) is 4.79 Å². The van der Waals surface area contributed by atoms with Gasteiger partial charge >= 0.3 is 0 Å². The number of nitrogens with zero attached hydrogens (tertiary/aromatic N) is 3. The van der Waals surface area contributed by atoms with E-state index in [1.807, 2.05) is 30.7 Å². The van der Waals surface area contributed by atoms with Gasteiger partial charge in [-0.1, -0.05) is 30.0 Å². The topological polar surface area (TPSA) is 61.9 Å². The third-order valence-corrected chi connectivity index (χ3v) is 5.03. The number of hydrogen-bond donors (Lipinski definition) is 1. The largest absolute Gasteiger partial charge is 0.301 e. The molecule has 1 N–H and O–H groups in total. The van der Waals surface area contributed by atoms with Gasteiger partial charge in [-0.3, -0.25) is 14.7 Å². The molecular formula is C18H18N4OS. The second-order valence-electron chi connectivity index (χ2n) is 5.95. The van der Waals surface area contributed by atoms with Crippen molar-refractivity contribution in [3.05, 3.63) is 63.7 Å². The summed E-state index contributed by atoms with van der Waals surface area (Å²) in [6.07, 6.45) is 4.60. The maximum atomic E-state index is 12.3. The van der Waals surface area contributed by atoms with Crippen LogP contribution in [0, 0.1) is 0 Å². The quantitative estimate of drug-likeness (QED) is 0.587. The van der Waals surface area contributed by atoms with Crippen LogP contribution < -0.4 is 5.56 Å². The van der Waals surface area contributed by atoms with Gasteiger partial charge in [0.15, 0.2) is 5.16 Å². The minimum absolute atomic E-state index is 0.00589. The molecule has 0 radical (unpaired) electrons. The summed E-state index contributed by atoms with van der Waals surface area (Å²) >= 11 is 1.47. The molecule has 0 aliphatic carbocycles. The fourth-order valence-corrected chi connectivity index (χ4v) is 3.62. The molecule has 0 amide bonds. The van der Waals surface area contributed by atoms with E-state index in [0.29, 0.717) is 11.7 Å². The molecule has 6 heteroatoms. The molecule has 0 fully saturated rings. The number of thioether (sulfide) groups is 1. The second kappa shape index (κ2) is 6.37. The van der Waals surface area contributed by atoms with Crippen molar-refractivity contribution in [3.63, 3.8) is 0 Å². The molecule has 0 bridgehead atoms. The minimum atomic E-state index is -0.00589. The molecule has 5 nitrogen and oxygen atoms in total. The first-order valence-corrected chi connectivity index (χ1v) is 9.18. The predicted molar refractivity (Wildman–Crippen MR) is 96.2 cm³/mol. The van der Waals surface area contributed by atoms with Crippen LogP contribution in [-0.2, 0) is 19.5 Å². The Labute approximate surface area is 144 Å². The molecule has 1 aliphatic heterocycles. The summed E-state index contributed by atoms with van der Waals surface area (Å²) in [5.41, 5.74) is 4.00. The van der Waals surface area contributed by atoms with Gasteiger partial charge in [0.25, 0.3) is 5.56 Å². The van der Waals surface area contributed by atoms with Crippen LogP contribution in [0.25, 0.3) is 10.9 Å². The smallest absolute Gasteiger partial charge is 0.256 e. The van der Waals surface area contributed by atoms with Crippen molar-refractivity contribution in [2.45, 2.75) is 24.7 Å². The predicted octanol–water partition coefficient (Wildman–Crippen LogP) is 2.60. The monoisotopic (exact) mass is 338 g/mol. The Bertz CT molecular complexity index is 948. The Morgan fingerprint density at radius 2 is 2.17 bits per heavy atom. The van der Waals surface area contributed by atoms with Crippen molar-refractivity contribution in [1.82, 2.24) is 19.9 Å². The number of fused-ring (bicyclic) bond motifs is 2. The van der Waals surface area contributed by atoms with Crippen LogP contribution in [0.3, 0.4) is 0 Å². The van der Waals surface area contributed by atoms with Crippen LogP contribution >= 0.6 is 11.8 Å². The lowest BCUT2D eigenvalue weighted by Gasteiger charge is -2.28. The maximum Gasteiger partial charge on any atom is 0.256 e. The van der Waals surface area contributed by atoms with E-state index in [0.717, 1.165) is 36.3 Å². The summed E-state index contributed by atoms with van der Waals surface area (Å²) in [4.78, 5) is 26.4. The lowest BCUT2D eigenvalue weighted by molar-refractivity contribution is 0.241. The van der Waals surface area contributed by atoms with Gasteiger partial charge in [-0.05, 0) is 24.0 Å². The zero-order valence-electron chi connectivity index (χ0n) is 13.5. The summed E-state index contributed by atoms with van der Waals surface area (Å²) in [5.74, 6) is 0. The average Bonchev–Trinajstić information content (AvgIpc) is 2.62. The highest BCUT2D eigenvalue weighted by Crippen LogP contribution is 2.22. The average molecular weight is 338 g/mol. The maximum absolute atomic E-state index is 12.3. The molecule has 24 heavy (non-hydrogen) atoms. The van der Waals surface area contributed by atoms with Gasteiger partial charge in [0, 0.05) is 37.6 Å². The zero-order chi connectivity index (χ0) is 16.5. The van der Waals surface area contributed by atoms with E-state index in [1.54, 1.807) is 0 Å². The van der Waals surface area contributed by atoms with E-state index >= 15 is 0 Å². The molecule has 1 aromatic carbocycles. The number of hydrogen-bond acceptors (Lipinski definition) is 5. The standard InChI is InChI=1S/C18H18N4OS/c1-24-18-20-16-7-9-22(11-14(16)17(23)21-18)10-12-6-8-19-15-5-3-2-4-13(12)15/h2-6,8H,7,9-11H2,1H3,(H,20,21,23). The highest BCUT2D eigenvalue weighted by atomic mass is 32.2. The molecule has 0 atom stereocenters. The van der Waals surface area contributed by atoms with Crippen molar-refractivity contribution in [2.24, 2.45) is 0 Å². The molecule has 0 saturated heterocycles. The Kier molecular flexibility index (Phi) is 4.08.